The Balaban J connectivity index is 0.000000175. The molecule has 0 unspecified atom stereocenters. The molecule has 2 nitrogen and oxygen atoms in total. The third-order valence-corrected chi connectivity index (χ3v) is 7.62. The summed E-state index contributed by atoms with van der Waals surface area (Å²) in [6.07, 6.45) is 9.40. The number of allylic oxidation sites excluding steroid dienone is 2. The molecule has 0 amide bonds. The summed E-state index contributed by atoms with van der Waals surface area (Å²) in [7, 11) is 0. The van der Waals surface area contributed by atoms with E-state index in [1.54, 1.807) is 0 Å². The third kappa shape index (κ3) is 7.53. The van der Waals surface area contributed by atoms with E-state index >= 15 is 0 Å². The fourth-order valence-electron chi connectivity index (χ4n) is 5.61. The van der Waals surface area contributed by atoms with E-state index in [0.29, 0.717) is 0 Å². The highest BCUT2D eigenvalue weighted by Crippen LogP contribution is 2.35. The fraction of sp³-hybridized carbons (Fsp3) is 0.0952. The van der Waals surface area contributed by atoms with Crippen LogP contribution in [0.15, 0.2) is 170 Å². The molecule has 0 aliphatic rings. The number of nitrogens with zero attached hydrogens (tertiary/aromatic N) is 2. The molecular weight excluding hydrogens is 532 g/mol. The lowest BCUT2D eigenvalue weighted by Crippen LogP contribution is -1.95. The molecule has 0 radical (unpaired) electrons. The van der Waals surface area contributed by atoms with Crippen molar-refractivity contribution in [2.75, 3.05) is 0 Å². The van der Waals surface area contributed by atoms with Crippen molar-refractivity contribution < 1.29 is 0 Å². The van der Waals surface area contributed by atoms with Crippen molar-refractivity contribution >= 4 is 22.3 Å². The zero-order valence-corrected chi connectivity index (χ0v) is 25.5. The molecule has 6 rings (SSSR count). The van der Waals surface area contributed by atoms with Crippen molar-refractivity contribution in [2.24, 2.45) is 0 Å². The number of hydrogen-bond acceptors (Lipinski definition) is 2. The topological polar surface area (TPSA) is 25.8 Å². The highest BCUT2D eigenvalue weighted by Gasteiger charge is 2.13. The van der Waals surface area contributed by atoms with Crippen LogP contribution in [0.1, 0.15) is 60.1 Å². The minimum absolute atomic E-state index is 0.983. The molecule has 2 aromatic heterocycles. The molecule has 216 valence electrons. The lowest BCUT2D eigenvalue weighted by atomic mass is 9.89. The molecule has 0 bridgehead atoms. The molecule has 6 aromatic rings. The number of rotatable bonds is 8. The third-order valence-electron chi connectivity index (χ3n) is 7.62. The van der Waals surface area contributed by atoms with Gasteiger partial charge in [-0.25, -0.2) is 0 Å². The average molecular weight is 571 g/mol. The van der Waals surface area contributed by atoms with Crippen LogP contribution < -0.4 is 0 Å². The van der Waals surface area contributed by atoms with Crippen molar-refractivity contribution in [1.82, 2.24) is 9.97 Å². The lowest BCUT2D eigenvalue weighted by Gasteiger charge is -2.16. The van der Waals surface area contributed by atoms with E-state index in [9.17, 15) is 0 Å². The van der Waals surface area contributed by atoms with Gasteiger partial charge in [-0.3, -0.25) is 9.97 Å². The van der Waals surface area contributed by atoms with Crippen LogP contribution in [-0.2, 0) is 0 Å². The van der Waals surface area contributed by atoms with Crippen LogP contribution in [0.25, 0.3) is 22.3 Å². The second-order valence-electron chi connectivity index (χ2n) is 10.4. The van der Waals surface area contributed by atoms with Gasteiger partial charge < -0.3 is 0 Å². The quantitative estimate of drug-likeness (QED) is 0.170. The summed E-state index contributed by atoms with van der Waals surface area (Å²) in [5, 5.41) is 0. The molecule has 44 heavy (non-hydrogen) atoms. The monoisotopic (exact) mass is 570 g/mol. The van der Waals surface area contributed by atoms with Crippen molar-refractivity contribution in [3.63, 3.8) is 0 Å². The van der Waals surface area contributed by atoms with E-state index < -0.39 is 0 Å². The maximum atomic E-state index is 4.16. The first-order valence-electron chi connectivity index (χ1n) is 15.3. The molecule has 0 N–H and O–H groups in total. The van der Waals surface area contributed by atoms with Crippen molar-refractivity contribution in [3.8, 4) is 0 Å². The van der Waals surface area contributed by atoms with Gasteiger partial charge in [-0.05, 0) is 92.8 Å². The van der Waals surface area contributed by atoms with Gasteiger partial charge in [0.15, 0.2) is 0 Å². The van der Waals surface area contributed by atoms with Gasteiger partial charge in [0.25, 0.3) is 0 Å². The van der Waals surface area contributed by atoms with Crippen LogP contribution >= 0.6 is 0 Å². The Hall–Kier alpha value is -5.34. The van der Waals surface area contributed by atoms with Gasteiger partial charge >= 0.3 is 0 Å². The van der Waals surface area contributed by atoms with Crippen LogP contribution in [0.4, 0.5) is 0 Å². The number of benzene rings is 4. The Morgan fingerprint density at radius 1 is 0.341 bits per heavy atom. The molecule has 0 atom stereocenters. The maximum Gasteiger partial charge on any atom is 0.0273 e. The Bertz CT molecular complexity index is 1540. The summed E-state index contributed by atoms with van der Waals surface area (Å²) in [5.41, 5.74) is 12.8. The first-order valence-corrected chi connectivity index (χ1v) is 15.3. The molecular formula is C42H38N2. The highest BCUT2D eigenvalue weighted by molar-refractivity contribution is 5.99. The van der Waals surface area contributed by atoms with Gasteiger partial charge in [0.05, 0.1) is 0 Å². The van der Waals surface area contributed by atoms with Crippen LogP contribution in [-0.4, -0.2) is 9.97 Å². The SMILES string of the molecule is CC/C(=C(/c1ccccc1)c1ccncc1)c1ccccc1.CC/C(=C(/c1ccccc1)c1ccncc1)c1ccccc1. The van der Waals surface area contributed by atoms with Crippen molar-refractivity contribution in [3.05, 3.63) is 204 Å². The van der Waals surface area contributed by atoms with E-state index in [1.165, 1.54) is 55.7 Å². The largest absolute Gasteiger partial charge is 0.265 e. The van der Waals surface area contributed by atoms with Crippen molar-refractivity contribution in [2.45, 2.75) is 26.7 Å². The van der Waals surface area contributed by atoms with E-state index in [-0.39, 0.29) is 0 Å². The first-order chi connectivity index (χ1) is 21.8. The second kappa shape index (κ2) is 15.8. The molecule has 0 fully saturated rings. The highest BCUT2D eigenvalue weighted by atomic mass is 14.6. The molecule has 4 aromatic carbocycles. The summed E-state index contributed by atoms with van der Waals surface area (Å²) in [5.74, 6) is 0. The van der Waals surface area contributed by atoms with Gasteiger partial charge in [0, 0.05) is 24.8 Å². The first kappa shape index (κ1) is 30.1. The van der Waals surface area contributed by atoms with E-state index in [1.807, 2.05) is 24.8 Å². The van der Waals surface area contributed by atoms with Crippen LogP contribution in [0.3, 0.4) is 0 Å². The zero-order chi connectivity index (χ0) is 30.4. The van der Waals surface area contributed by atoms with Gasteiger partial charge in [0.2, 0.25) is 0 Å². The predicted octanol–water partition coefficient (Wildman–Crippen LogP) is 10.9. The normalized spacial score (nSPS) is 11.9. The van der Waals surface area contributed by atoms with Gasteiger partial charge in [-0.2, -0.15) is 0 Å². The van der Waals surface area contributed by atoms with Gasteiger partial charge in [0.1, 0.15) is 0 Å². The summed E-state index contributed by atoms with van der Waals surface area (Å²) >= 11 is 0. The Morgan fingerprint density at radius 2 is 0.591 bits per heavy atom. The Kier molecular flexibility index (Phi) is 10.8. The van der Waals surface area contributed by atoms with E-state index in [4.69, 9.17) is 0 Å². The molecule has 0 spiro atoms. The van der Waals surface area contributed by atoms with Gasteiger partial charge in [-0.1, -0.05) is 135 Å². The van der Waals surface area contributed by atoms with Gasteiger partial charge in [-0.15, -0.1) is 0 Å². The molecule has 2 heteroatoms. The van der Waals surface area contributed by atoms with E-state index in [0.717, 1.165) is 12.8 Å². The molecule has 0 saturated heterocycles. The fourth-order valence-corrected chi connectivity index (χ4v) is 5.61. The Labute approximate surface area is 262 Å². The predicted molar refractivity (Wildman–Crippen MR) is 187 cm³/mol. The second-order valence-corrected chi connectivity index (χ2v) is 10.4. The number of pyridine rings is 2. The smallest absolute Gasteiger partial charge is 0.0273 e. The summed E-state index contributed by atoms with van der Waals surface area (Å²) < 4.78 is 0. The van der Waals surface area contributed by atoms with Crippen molar-refractivity contribution in [1.29, 1.82) is 0 Å². The van der Waals surface area contributed by atoms with Crippen LogP contribution in [0, 0.1) is 0 Å². The zero-order valence-electron chi connectivity index (χ0n) is 25.5. The number of aromatic nitrogens is 2. The summed E-state index contributed by atoms with van der Waals surface area (Å²) in [6.45, 7) is 4.43. The number of hydrogen-bond donors (Lipinski definition) is 0. The molecule has 0 aliphatic carbocycles. The standard InChI is InChI=1S/2C21H19N/c2*1-2-20(17-9-5-3-6-10-17)21(18-11-7-4-8-12-18)19-13-15-22-16-14-19/h2*3-16H,2H2,1H3/b2*21-20+. The summed E-state index contributed by atoms with van der Waals surface area (Å²) in [6, 6.07) is 50.8. The van der Waals surface area contributed by atoms with E-state index in [2.05, 4.69) is 169 Å². The maximum absolute atomic E-state index is 4.16. The van der Waals surface area contributed by atoms with Crippen LogP contribution in [0.2, 0.25) is 0 Å². The minimum atomic E-state index is 0.983. The lowest BCUT2D eigenvalue weighted by molar-refractivity contribution is 1.23. The minimum Gasteiger partial charge on any atom is -0.265 e. The molecule has 0 saturated carbocycles. The average Bonchev–Trinajstić information content (AvgIpc) is 3.12. The molecule has 0 aliphatic heterocycles. The summed E-state index contributed by atoms with van der Waals surface area (Å²) in [4.78, 5) is 8.31. The Morgan fingerprint density at radius 3 is 0.864 bits per heavy atom. The van der Waals surface area contributed by atoms with Crippen LogP contribution in [0.5, 0.6) is 0 Å². The molecule has 2 heterocycles.